The molecule has 0 spiro atoms. The lowest BCUT2D eigenvalue weighted by molar-refractivity contribution is -0.384. The summed E-state index contributed by atoms with van der Waals surface area (Å²) < 4.78 is 5.17. The molecule has 0 aliphatic heterocycles. The van der Waals surface area contributed by atoms with Crippen molar-refractivity contribution in [1.82, 2.24) is 0 Å². The van der Waals surface area contributed by atoms with Crippen LogP contribution in [0.5, 0.6) is 0 Å². The van der Waals surface area contributed by atoms with Crippen molar-refractivity contribution in [3.8, 4) is 11.1 Å². The number of carbonyl (C=O) groups excluding carboxylic acids is 2. The van der Waals surface area contributed by atoms with E-state index in [0.717, 1.165) is 5.56 Å². The average Bonchev–Trinajstić information content (AvgIpc) is 3.17. The highest BCUT2D eigenvalue weighted by molar-refractivity contribution is 7.15. The first-order chi connectivity index (χ1) is 14.5. The van der Waals surface area contributed by atoms with Crippen LogP contribution in [0.25, 0.3) is 17.2 Å². The van der Waals surface area contributed by atoms with Gasteiger partial charge in [0.25, 0.3) is 5.69 Å². The maximum absolute atomic E-state index is 12.5. The van der Waals surface area contributed by atoms with E-state index in [9.17, 15) is 19.7 Å². The fourth-order valence-electron chi connectivity index (χ4n) is 2.72. The fourth-order valence-corrected chi connectivity index (χ4v) is 3.68. The van der Waals surface area contributed by atoms with E-state index in [-0.39, 0.29) is 12.3 Å². The van der Waals surface area contributed by atoms with Crippen LogP contribution in [0, 0.1) is 10.1 Å². The predicted molar refractivity (Wildman–Crippen MR) is 116 cm³/mol. The number of ether oxygens (including phenoxy) is 1. The minimum atomic E-state index is -0.507. The van der Waals surface area contributed by atoms with Crippen molar-refractivity contribution in [2.45, 2.75) is 6.92 Å². The third-order valence-electron chi connectivity index (χ3n) is 4.12. The van der Waals surface area contributed by atoms with Gasteiger partial charge in [0.1, 0.15) is 10.6 Å². The Hall–Kier alpha value is -3.78. The van der Waals surface area contributed by atoms with Gasteiger partial charge < -0.3 is 10.1 Å². The second-order valence-corrected chi connectivity index (χ2v) is 6.99. The Morgan fingerprint density at radius 3 is 2.47 bits per heavy atom. The summed E-state index contributed by atoms with van der Waals surface area (Å²) in [6, 6.07) is 15.2. The van der Waals surface area contributed by atoms with E-state index in [0.29, 0.717) is 21.7 Å². The number of nitro benzene ring substituents is 1. The number of nitrogens with one attached hydrogen (secondary N) is 1. The number of anilines is 1. The molecule has 0 aliphatic carbocycles. The van der Waals surface area contributed by atoms with Gasteiger partial charge in [0.2, 0.25) is 5.91 Å². The van der Waals surface area contributed by atoms with Crippen molar-refractivity contribution < 1.29 is 19.2 Å². The van der Waals surface area contributed by atoms with Gasteiger partial charge in [0.15, 0.2) is 0 Å². The van der Waals surface area contributed by atoms with Crippen LogP contribution in [0.2, 0.25) is 0 Å². The van der Waals surface area contributed by atoms with Crippen LogP contribution in [0.3, 0.4) is 0 Å². The van der Waals surface area contributed by atoms with Crippen LogP contribution in [-0.4, -0.2) is 23.4 Å². The minimum Gasteiger partial charge on any atom is -0.462 e. The van der Waals surface area contributed by atoms with Crippen LogP contribution in [0.4, 0.5) is 10.7 Å². The Morgan fingerprint density at radius 1 is 1.13 bits per heavy atom. The Kier molecular flexibility index (Phi) is 6.71. The van der Waals surface area contributed by atoms with E-state index in [1.54, 1.807) is 24.4 Å². The number of amides is 1. The van der Waals surface area contributed by atoms with Crippen molar-refractivity contribution in [3.05, 3.63) is 87.3 Å². The first kappa shape index (κ1) is 20.9. The monoisotopic (exact) mass is 422 g/mol. The summed E-state index contributed by atoms with van der Waals surface area (Å²) in [5, 5.41) is 15.6. The molecule has 1 N–H and O–H groups in total. The first-order valence-electron chi connectivity index (χ1n) is 9.07. The molecule has 152 valence electrons. The van der Waals surface area contributed by atoms with Crippen LogP contribution < -0.4 is 5.32 Å². The number of nitrogens with zero attached hydrogens (tertiary/aromatic N) is 1. The molecule has 1 amide bonds. The summed E-state index contributed by atoms with van der Waals surface area (Å²) in [7, 11) is 0. The lowest BCUT2D eigenvalue weighted by Gasteiger charge is -2.07. The summed E-state index contributed by atoms with van der Waals surface area (Å²) in [6.45, 7) is 1.94. The summed E-state index contributed by atoms with van der Waals surface area (Å²) in [4.78, 5) is 35.1. The van der Waals surface area contributed by atoms with Gasteiger partial charge in [0, 0.05) is 29.2 Å². The van der Waals surface area contributed by atoms with Gasteiger partial charge in [-0.2, -0.15) is 0 Å². The summed E-state index contributed by atoms with van der Waals surface area (Å²) in [5.41, 5.74) is 2.46. The number of thiophene rings is 1. The van der Waals surface area contributed by atoms with Crippen LogP contribution >= 0.6 is 11.3 Å². The Bertz CT molecular complexity index is 1090. The smallest absolute Gasteiger partial charge is 0.341 e. The highest BCUT2D eigenvalue weighted by Gasteiger charge is 2.22. The Morgan fingerprint density at radius 2 is 1.83 bits per heavy atom. The lowest BCUT2D eigenvalue weighted by Crippen LogP contribution is -2.12. The maximum atomic E-state index is 12.5. The molecule has 0 radical (unpaired) electrons. The second-order valence-electron chi connectivity index (χ2n) is 6.11. The third-order valence-corrected chi connectivity index (χ3v) is 5.02. The molecule has 0 saturated heterocycles. The molecule has 0 bridgehead atoms. The summed E-state index contributed by atoms with van der Waals surface area (Å²) >= 11 is 1.24. The average molecular weight is 422 g/mol. The van der Waals surface area contributed by atoms with Crippen molar-refractivity contribution in [2.24, 2.45) is 0 Å². The molecule has 1 heterocycles. The molecule has 30 heavy (non-hydrogen) atoms. The van der Waals surface area contributed by atoms with E-state index in [4.69, 9.17) is 4.74 Å². The van der Waals surface area contributed by atoms with Gasteiger partial charge >= 0.3 is 5.97 Å². The minimum absolute atomic E-state index is 0.0253. The van der Waals surface area contributed by atoms with Crippen LogP contribution in [0.1, 0.15) is 22.8 Å². The number of hydrogen-bond acceptors (Lipinski definition) is 6. The highest BCUT2D eigenvalue weighted by atomic mass is 32.1. The van der Waals surface area contributed by atoms with E-state index >= 15 is 0 Å². The molecule has 0 atom stereocenters. The topological polar surface area (TPSA) is 98.5 Å². The number of benzene rings is 2. The van der Waals surface area contributed by atoms with Crippen LogP contribution in [0.15, 0.2) is 66.1 Å². The van der Waals surface area contributed by atoms with Crippen molar-refractivity contribution in [3.63, 3.8) is 0 Å². The molecule has 0 aliphatic rings. The molecule has 3 aromatic rings. The molecule has 3 rings (SSSR count). The molecule has 1 aromatic heterocycles. The van der Waals surface area contributed by atoms with Gasteiger partial charge in [-0.15, -0.1) is 11.3 Å². The van der Waals surface area contributed by atoms with E-state index in [1.807, 2.05) is 30.3 Å². The highest BCUT2D eigenvalue weighted by Crippen LogP contribution is 2.36. The normalized spacial score (nSPS) is 10.7. The predicted octanol–water partition coefficient (Wildman–Crippen LogP) is 5.15. The van der Waals surface area contributed by atoms with Crippen molar-refractivity contribution >= 4 is 40.0 Å². The number of nitro groups is 1. The molecular formula is C22H18N2O5S. The number of esters is 1. The van der Waals surface area contributed by atoms with Gasteiger partial charge in [-0.3, -0.25) is 14.9 Å². The quantitative estimate of drug-likeness (QED) is 0.246. The zero-order valence-electron chi connectivity index (χ0n) is 16.0. The number of rotatable bonds is 7. The molecule has 0 unspecified atom stereocenters. The molecule has 0 fully saturated rings. The summed E-state index contributed by atoms with van der Waals surface area (Å²) in [5.74, 6) is -0.937. The van der Waals surface area contributed by atoms with E-state index < -0.39 is 16.8 Å². The van der Waals surface area contributed by atoms with Crippen molar-refractivity contribution in [2.75, 3.05) is 11.9 Å². The third kappa shape index (κ3) is 4.98. The molecule has 7 nitrogen and oxygen atoms in total. The molecule has 0 saturated carbocycles. The largest absolute Gasteiger partial charge is 0.462 e. The van der Waals surface area contributed by atoms with Gasteiger partial charge in [-0.1, -0.05) is 30.3 Å². The maximum Gasteiger partial charge on any atom is 0.341 e. The van der Waals surface area contributed by atoms with Crippen LogP contribution in [-0.2, 0) is 9.53 Å². The van der Waals surface area contributed by atoms with Gasteiger partial charge in [-0.25, -0.2) is 4.79 Å². The zero-order valence-corrected chi connectivity index (χ0v) is 16.8. The number of hydrogen-bond donors (Lipinski definition) is 1. The Balaban J connectivity index is 1.81. The van der Waals surface area contributed by atoms with E-state index in [1.165, 1.54) is 35.6 Å². The van der Waals surface area contributed by atoms with Gasteiger partial charge in [-0.05, 0) is 36.3 Å². The van der Waals surface area contributed by atoms with Crippen molar-refractivity contribution in [1.29, 1.82) is 0 Å². The summed E-state index contributed by atoms with van der Waals surface area (Å²) in [6.07, 6.45) is 2.84. The number of non-ortho nitro benzene ring substituents is 1. The molecule has 2 aromatic carbocycles. The zero-order chi connectivity index (χ0) is 21.5. The Labute approximate surface area is 176 Å². The SMILES string of the molecule is CCOC(=O)c1c(-c2ccccc2)csc1NC(=O)/C=C/c1ccc([N+](=O)[O-])cc1. The first-order valence-corrected chi connectivity index (χ1v) is 9.95. The fraction of sp³-hybridized carbons (Fsp3) is 0.0909. The second kappa shape index (κ2) is 9.62. The molecule has 8 heteroatoms. The van der Waals surface area contributed by atoms with E-state index in [2.05, 4.69) is 5.32 Å². The number of carbonyl (C=O) groups is 2. The lowest BCUT2D eigenvalue weighted by atomic mass is 10.0. The standard InChI is InChI=1S/C22H18N2O5S/c1-2-29-22(26)20-18(16-6-4-3-5-7-16)14-30-21(20)23-19(25)13-10-15-8-11-17(12-9-15)24(27)28/h3-14H,2H2,1H3,(H,23,25)/b13-10+. The molecular weight excluding hydrogens is 404 g/mol. The van der Waals surface area contributed by atoms with Gasteiger partial charge in [0.05, 0.1) is 11.5 Å².